The minimum atomic E-state index is -1.01. The molecule has 0 saturated carbocycles. The maximum atomic E-state index is 13.1. The Hall–Kier alpha value is -2.51. The molecule has 28 heavy (non-hydrogen) atoms. The van der Waals surface area contributed by atoms with E-state index in [1.807, 2.05) is 26.2 Å². The summed E-state index contributed by atoms with van der Waals surface area (Å²) in [5.41, 5.74) is 0.770. The molecular formula is C21H25N2O4S+. The summed E-state index contributed by atoms with van der Waals surface area (Å²) in [7, 11) is 5.67. The predicted molar refractivity (Wildman–Crippen MR) is 107 cm³/mol. The third-order valence-corrected chi connectivity index (χ3v) is 5.87. The second-order valence-electron chi connectivity index (χ2n) is 7.21. The smallest absolute Gasteiger partial charge is 0.291 e. The van der Waals surface area contributed by atoms with Gasteiger partial charge in [-0.2, -0.15) is 0 Å². The van der Waals surface area contributed by atoms with Gasteiger partial charge in [-0.15, -0.1) is 11.3 Å². The number of likely N-dealkylation sites (tertiary alicyclic amines) is 1. The lowest BCUT2D eigenvalue weighted by molar-refractivity contribution is -0.858. The first-order valence-electron chi connectivity index (χ1n) is 9.29. The quantitative estimate of drug-likeness (QED) is 0.411. The molecule has 2 unspecified atom stereocenters. The zero-order valence-electron chi connectivity index (χ0n) is 16.3. The van der Waals surface area contributed by atoms with E-state index in [0.29, 0.717) is 17.2 Å². The highest BCUT2D eigenvalue weighted by Gasteiger charge is 2.51. The van der Waals surface area contributed by atoms with Crippen LogP contribution in [0.4, 0.5) is 0 Å². The molecule has 3 rings (SSSR count). The van der Waals surface area contributed by atoms with Crippen molar-refractivity contribution in [2.45, 2.75) is 12.5 Å². The van der Waals surface area contributed by atoms with Crippen molar-refractivity contribution in [1.29, 1.82) is 0 Å². The molecule has 1 N–H and O–H groups in total. The number of carbonyl (C=O) groups excluding carboxylic acids is 3. The number of carbonyl (C=O) groups is 3. The number of nitrogens with one attached hydrogen (secondary N) is 1. The van der Waals surface area contributed by atoms with Crippen LogP contribution in [0.25, 0.3) is 0 Å². The Balaban J connectivity index is 1.96. The number of amides is 1. The van der Waals surface area contributed by atoms with Crippen molar-refractivity contribution in [2.24, 2.45) is 5.92 Å². The van der Waals surface area contributed by atoms with Gasteiger partial charge in [-0.25, -0.2) is 0 Å². The average Bonchev–Trinajstić information content (AvgIpc) is 3.30. The van der Waals surface area contributed by atoms with Crippen LogP contribution < -0.4 is 9.64 Å². The Bertz CT molecular complexity index is 846. The maximum absolute atomic E-state index is 13.1. The predicted octanol–water partition coefficient (Wildman–Crippen LogP) is 1.24. The summed E-state index contributed by atoms with van der Waals surface area (Å²) in [6, 6.07) is 10.1. The summed E-state index contributed by atoms with van der Waals surface area (Å²) in [6.45, 7) is 1.32. The number of ketones is 2. The lowest BCUT2D eigenvalue weighted by Crippen LogP contribution is -3.05. The topological polar surface area (TPSA) is 68.1 Å². The van der Waals surface area contributed by atoms with E-state index in [0.717, 1.165) is 18.5 Å². The van der Waals surface area contributed by atoms with Crippen LogP contribution >= 0.6 is 11.3 Å². The zero-order valence-corrected chi connectivity index (χ0v) is 17.1. The molecule has 1 fully saturated rings. The molecule has 1 aliphatic heterocycles. The first kappa shape index (κ1) is 20.2. The molecule has 6 nitrogen and oxygen atoms in total. The van der Waals surface area contributed by atoms with E-state index in [1.165, 1.54) is 16.2 Å². The van der Waals surface area contributed by atoms with Crippen molar-refractivity contribution in [2.75, 3.05) is 34.3 Å². The Morgan fingerprint density at radius 2 is 1.89 bits per heavy atom. The monoisotopic (exact) mass is 401 g/mol. The molecule has 148 valence electrons. The minimum absolute atomic E-state index is 0.282. The Morgan fingerprint density at radius 1 is 1.18 bits per heavy atom. The Morgan fingerprint density at radius 3 is 2.46 bits per heavy atom. The largest absolute Gasteiger partial charge is 0.497 e. The molecule has 0 aliphatic carbocycles. The Kier molecular flexibility index (Phi) is 6.26. The molecule has 1 aromatic heterocycles. The second kappa shape index (κ2) is 8.67. The van der Waals surface area contributed by atoms with Crippen molar-refractivity contribution in [3.05, 3.63) is 52.2 Å². The van der Waals surface area contributed by atoms with Gasteiger partial charge >= 0.3 is 0 Å². The number of benzene rings is 1. The van der Waals surface area contributed by atoms with Crippen LogP contribution in [0.5, 0.6) is 5.75 Å². The van der Waals surface area contributed by atoms with Gasteiger partial charge in [0.1, 0.15) is 11.7 Å². The molecule has 0 bridgehead atoms. The van der Waals surface area contributed by atoms with Crippen molar-refractivity contribution >= 4 is 28.8 Å². The van der Waals surface area contributed by atoms with Crippen LogP contribution in [0.3, 0.4) is 0 Å². The molecule has 2 heterocycles. The van der Waals surface area contributed by atoms with Crippen LogP contribution in [0, 0.1) is 5.92 Å². The van der Waals surface area contributed by atoms with Crippen LogP contribution in [0.15, 0.2) is 41.8 Å². The van der Waals surface area contributed by atoms with E-state index >= 15 is 0 Å². The summed E-state index contributed by atoms with van der Waals surface area (Å²) in [5.74, 6) is -1.79. The fraction of sp³-hybridized carbons (Fsp3) is 0.381. The van der Waals surface area contributed by atoms with Gasteiger partial charge in [0, 0.05) is 13.0 Å². The number of thiophene rings is 1. The maximum Gasteiger partial charge on any atom is 0.291 e. The van der Waals surface area contributed by atoms with E-state index < -0.39 is 23.7 Å². The molecule has 1 saturated heterocycles. The number of quaternary nitrogens is 1. The Labute approximate surface area is 168 Å². The van der Waals surface area contributed by atoms with Gasteiger partial charge in [-0.05, 0) is 29.1 Å². The number of hydrogen-bond donors (Lipinski definition) is 1. The molecule has 7 heteroatoms. The summed E-state index contributed by atoms with van der Waals surface area (Å²) in [5, 5.41) is 1.80. The fourth-order valence-corrected chi connectivity index (χ4v) is 4.28. The average molecular weight is 402 g/mol. The molecule has 2 aromatic rings. The standard InChI is InChI=1S/C21H24N2O4S/c1-22(2)11-5-12-23-18(14-7-9-15(27-3)10-8-14)17(20(25)21(23)26)19(24)16-6-4-13-28-16/h4,6-10,13,17-18H,5,11-12H2,1-3H3/p+1. The van der Waals surface area contributed by atoms with Gasteiger partial charge in [0.2, 0.25) is 5.78 Å². The molecule has 2 atom stereocenters. The highest BCUT2D eigenvalue weighted by molar-refractivity contribution is 7.12. The van der Waals surface area contributed by atoms with Crippen LogP contribution in [0.2, 0.25) is 0 Å². The molecule has 0 spiro atoms. The van der Waals surface area contributed by atoms with Crippen LogP contribution in [-0.2, 0) is 9.59 Å². The molecule has 0 radical (unpaired) electrons. The van der Waals surface area contributed by atoms with Crippen LogP contribution in [0.1, 0.15) is 27.7 Å². The number of hydrogen-bond acceptors (Lipinski definition) is 5. The number of Topliss-reactive ketones (excluding diaryl/α,β-unsaturated/α-hetero) is 2. The van der Waals surface area contributed by atoms with Crippen molar-refractivity contribution in [3.8, 4) is 5.75 Å². The summed E-state index contributed by atoms with van der Waals surface area (Å²) >= 11 is 1.29. The second-order valence-corrected chi connectivity index (χ2v) is 8.16. The van der Waals surface area contributed by atoms with Gasteiger partial charge in [-0.1, -0.05) is 18.2 Å². The van der Waals surface area contributed by atoms with Gasteiger partial charge in [0.15, 0.2) is 5.78 Å². The van der Waals surface area contributed by atoms with E-state index in [2.05, 4.69) is 0 Å². The normalized spacial score (nSPS) is 19.5. The van der Waals surface area contributed by atoms with Gasteiger partial charge in [0.05, 0.1) is 38.7 Å². The summed E-state index contributed by atoms with van der Waals surface area (Å²) < 4.78 is 5.21. The van der Waals surface area contributed by atoms with E-state index in [1.54, 1.807) is 41.7 Å². The van der Waals surface area contributed by atoms with Crippen molar-refractivity contribution in [1.82, 2.24) is 4.90 Å². The van der Waals surface area contributed by atoms with Gasteiger partial charge < -0.3 is 14.5 Å². The van der Waals surface area contributed by atoms with Gasteiger partial charge in [0.25, 0.3) is 5.91 Å². The van der Waals surface area contributed by atoms with Crippen molar-refractivity contribution < 1.29 is 24.0 Å². The lowest BCUT2D eigenvalue weighted by Gasteiger charge is -2.27. The third kappa shape index (κ3) is 4.00. The molecule has 1 aromatic carbocycles. The number of rotatable bonds is 8. The SMILES string of the molecule is COc1ccc(C2C(C(=O)c3cccs3)C(=O)C(=O)N2CCC[NH+](C)C)cc1. The first-order valence-corrected chi connectivity index (χ1v) is 10.2. The third-order valence-electron chi connectivity index (χ3n) is 4.99. The number of ether oxygens (including phenoxy) is 1. The highest BCUT2D eigenvalue weighted by atomic mass is 32.1. The first-order chi connectivity index (χ1) is 13.4. The van der Waals surface area contributed by atoms with Crippen molar-refractivity contribution in [3.63, 3.8) is 0 Å². The lowest BCUT2D eigenvalue weighted by atomic mass is 9.88. The molecule has 1 aliphatic rings. The summed E-state index contributed by atoms with van der Waals surface area (Å²) in [4.78, 5) is 42.0. The van der Waals surface area contributed by atoms with Gasteiger partial charge in [-0.3, -0.25) is 14.4 Å². The number of methoxy groups -OCH3 is 1. The van der Waals surface area contributed by atoms with Crippen LogP contribution in [-0.4, -0.2) is 56.7 Å². The molecular weight excluding hydrogens is 376 g/mol. The van der Waals surface area contributed by atoms with E-state index in [9.17, 15) is 14.4 Å². The highest BCUT2D eigenvalue weighted by Crippen LogP contribution is 2.39. The fourth-order valence-electron chi connectivity index (χ4n) is 3.58. The van der Waals surface area contributed by atoms with E-state index in [-0.39, 0.29) is 5.78 Å². The summed E-state index contributed by atoms with van der Waals surface area (Å²) in [6.07, 6.45) is 0.758. The zero-order chi connectivity index (χ0) is 20.3. The number of nitrogens with zero attached hydrogens (tertiary/aromatic N) is 1. The van der Waals surface area contributed by atoms with E-state index in [4.69, 9.17) is 4.74 Å². The molecule has 1 amide bonds. The minimum Gasteiger partial charge on any atom is -0.497 e.